The molecule has 0 radical (unpaired) electrons. The van der Waals surface area contributed by atoms with Gasteiger partial charge < -0.3 is 19.7 Å². The Labute approximate surface area is 195 Å². The van der Waals surface area contributed by atoms with E-state index in [0.29, 0.717) is 45.9 Å². The molecule has 0 spiro atoms. The van der Waals surface area contributed by atoms with Crippen molar-refractivity contribution in [1.82, 2.24) is 9.80 Å². The fourth-order valence-electron chi connectivity index (χ4n) is 3.96. The number of hydrogen-bond donors (Lipinski definition) is 1. The van der Waals surface area contributed by atoms with Crippen molar-refractivity contribution in [2.24, 2.45) is 0 Å². The Morgan fingerprint density at radius 2 is 1.76 bits per heavy atom. The van der Waals surface area contributed by atoms with E-state index in [2.05, 4.69) is 10.2 Å². The molecule has 2 aromatic carbocycles. The van der Waals surface area contributed by atoms with E-state index in [0.717, 1.165) is 40.3 Å². The van der Waals surface area contributed by atoms with Crippen molar-refractivity contribution >= 4 is 23.6 Å². The number of rotatable bonds is 5. The van der Waals surface area contributed by atoms with Crippen LogP contribution in [0.25, 0.3) is 6.08 Å². The van der Waals surface area contributed by atoms with Gasteiger partial charge in [-0.1, -0.05) is 18.2 Å². The number of anilines is 1. The third kappa shape index (κ3) is 5.93. The first-order valence-electron chi connectivity index (χ1n) is 11.4. The van der Waals surface area contributed by atoms with Crippen LogP contribution in [0.3, 0.4) is 0 Å². The van der Waals surface area contributed by atoms with Crippen molar-refractivity contribution in [3.63, 3.8) is 0 Å². The van der Waals surface area contributed by atoms with Crippen LogP contribution in [0.5, 0.6) is 11.5 Å². The predicted octanol–water partition coefficient (Wildman–Crippen LogP) is 3.26. The van der Waals surface area contributed by atoms with Crippen LogP contribution in [0.15, 0.2) is 42.5 Å². The molecule has 7 heteroatoms. The lowest BCUT2D eigenvalue weighted by Gasteiger charge is -2.33. The van der Waals surface area contributed by atoms with Crippen LogP contribution >= 0.6 is 0 Å². The van der Waals surface area contributed by atoms with Crippen LogP contribution in [0.1, 0.15) is 23.1 Å². The standard InChI is InChI=1S/C26H31N3O4/c1-19-5-3-6-22(20(19)2)27-25(30)18-28-11-13-29(14-12-28)26(31)10-8-21-7-9-23-24(17-21)33-16-4-15-32-23/h3,5-10,17H,4,11-16,18H2,1-2H3,(H,27,30)/b10-8+. The van der Waals surface area contributed by atoms with Gasteiger partial charge in [-0.15, -0.1) is 0 Å². The Bertz CT molecular complexity index is 1040. The number of benzene rings is 2. The van der Waals surface area contributed by atoms with Gasteiger partial charge in [-0.25, -0.2) is 0 Å². The van der Waals surface area contributed by atoms with E-state index in [1.165, 1.54) is 0 Å². The van der Waals surface area contributed by atoms with Crippen LogP contribution in [0.4, 0.5) is 5.69 Å². The molecule has 2 amide bonds. The Morgan fingerprint density at radius 1 is 1.00 bits per heavy atom. The molecule has 174 valence electrons. The highest BCUT2D eigenvalue weighted by molar-refractivity contribution is 5.93. The zero-order chi connectivity index (χ0) is 23.2. The lowest BCUT2D eigenvalue weighted by atomic mass is 10.1. The molecule has 1 saturated heterocycles. The van der Waals surface area contributed by atoms with Crippen molar-refractivity contribution < 1.29 is 19.1 Å². The molecule has 1 N–H and O–H groups in total. The first-order valence-corrected chi connectivity index (χ1v) is 11.4. The zero-order valence-corrected chi connectivity index (χ0v) is 19.3. The Balaban J connectivity index is 1.25. The number of amides is 2. The molecule has 0 aliphatic carbocycles. The molecule has 7 nitrogen and oxygen atoms in total. The zero-order valence-electron chi connectivity index (χ0n) is 19.3. The summed E-state index contributed by atoms with van der Waals surface area (Å²) in [5.41, 5.74) is 3.99. The monoisotopic (exact) mass is 449 g/mol. The normalized spacial score (nSPS) is 16.5. The maximum Gasteiger partial charge on any atom is 0.246 e. The van der Waals surface area contributed by atoms with Crippen molar-refractivity contribution in [1.29, 1.82) is 0 Å². The molecule has 33 heavy (non-hydrogen) atoms. The molecule has 2 aliphatic heterocycles. The maximum atomic E-state index is 12.6. The van der Waals surface area contributed by atoms with Crippen molar-refractivity contribution in [2.75, 3.05) is 51.3 Å². The first kappa shape index (κ1) is 22.9. The van der Waals surface area contributed by atoms with Crippen molar-refractivity contribution in [2.45, 2.75) is 20.3 Å². The number of ether oxygens (including phenoxy) is 2. The van der Waals surface area contributed by atoms with E-state index in [9.17, 15) is 9.59 Å². The summed E-state index contributed by atoms with van der Waals surface area (Å²) >= 11 is 0. The molecule has 0 saturated carbocycles. The number of carbonyl (C=O) groups excluding carboxylic acids is 2. The highest BCUT2D eigenvalue weighted by atomic mass is 16.5. The van der Waals surface area contributed by atoms with Crippen LogP contribution in [-0.4, -0.2) is 67.6 Å². The number of nitrogens with one attached hydrogen (secondary N) is 1. The van der Waals surface area contributed by atoms with E-state index < -0.39 is 0 Å². The van der Waals surface area contributed by atoms with Crippen LogP contribution in [0.2, 0.25) is 0 Å². The summed E-state index contributed by atoms with van der Waals surface area (Å²) in [4.78, 5) is 29.0. The molecule has 1 fully saturated rings. The predicted molar refractivity (Wildman–Crippen MR) is 129 cm³/mol. The largest absolute Gasteiger partial charge is 0.490 e. The Kier molecular flexibility index (Phi) is 7.29. The minimum absolute atomic E-state index is 0.0263. The molecule has 4 rings (SSSR count). The molecule has 0 atom stereocenters. The van der Waals surface area contributed by atoms with Gasteiger partial charge in [-0.3, -0.25) is 14.5 Å². The summed E-state index contributed by atoms with van der Waals surface area (Å²) in [7, 11) is 0. The second kappa shape index (κ2) is 10.5. The highest BCUT2D eigenvalue weighted by Crippen LogP contribution is 2.30. The second-order valence-electron chi connectivity index (χ2n) is 8.49. The lowest BCUT2D eigenvalue weighted by molar-refractivity contribution is -0.127. The first-order chi connectivity index (χ1) is 16.0. The van der Waals surface area contributed by atoms with Crippen molar-refractivity contribution in [3.8, 4) is 11.5 Å². The maximum absolute atomic E-state index is 12.6. The van der Waals surface area contributed by atoms with Gasteiger partial charge in [0.15, 0.2) is 11.5 Å². The molecule has 2 heterocycles. The number of nitrogens with zero attached hydrogens (tertiary/aromatic N) is 2. The van der Waals surface area contributed by atoms with Gasteiger partial charge in [-0.2, -0.15) is 0 Å². The fraction of sp³-hybridized carbons (Fsp3) is 0.385. The van der Waals surface area contributed by atoms with Gasteiger partial charge in [0.25, 0.3) is 0 Å². The summed E-state index contributed by atoms with van der Waals surface area (Å²) in [6, 6.07) is 11.6. The van der Waals surface area contributed by atoms with E-state index in [1.54, 1.807) is 12.2 Å². The number of piperazine rings is 1. The topological polar surface area (TPSA) is 71.1 Å². The van der Waals surface area contributed by atoms with Gasteiger partial charge in [-0.05, 0) is 54.8 Å². The number of fused-ring (bicyclic) bond motifs is 1. The van der Waals surface area contributed by atoms with Gasteiger partial charge in [0.2, 0.25) is 11.8 Å². The second-order valence-corrected chi connectivity index (χ2v) is 8.49. The summed E-state index contributed by atoms with van der Waals surface area (Å²) in [6.45, 7) is 8.18. The molecular weight excluding hydrogens is 418 g/mol. The van der Waals surface area contributed by atoms with Crippen molar-refractivity contribution in [3.05, 3.63) is 59.2 Å². The minimum Gasteiger partial charge on any atom is -0.490 e. The smallest absolute Gasteiger partial charge is 0.246 e. The average molecular weight is 450 g/mol. The summed E-state index contributed by atoms with van der Waals surface area (Å²) in [6.07, 6.45) is 4.26. The third-order valence-corrected chi connectivity index (χ3v) is 6.12. The molecular formula is C26H31N3O4. The van der Waals surface area contributed by atoms with Crippen LogP contribution in [-0.2, 0) is 9.59 Å². The van der Waals surface area contributed by atoms with E-state index in [1.807, 2.05) is 55.1 Å². The summed E-state index contributed by atoms with van der Waals surface area (Å²) < 4.78 is 11.4. The Morgan fingerprint density at radius 3 is 2.55 bits per heavy atom. The van der Waals surface area contributed by atoms with Gasteiger partial charge in [0.1, 0.15) is 0 Å². The highest BCUT2D eigenvalue weighted by Gasteiger charge is 2.21. The Hall–Kier alpha value is -3.32. The quantitative estimate of drug-likeness (QED) is 0.710. The van der Waals surface area contributed by atoms with E-state index in [4.69, 9.17) is 9.47 Å². The number of hydrogen-bond acceptors (Lipinski definition) is 5. The number of carbonyl (C=O) groups is 2. The van der Waals surface area contributed by atoms with Gasteiger partial charge >= 0.3 is 0 Å². The van der Waals surface area contributed by atoms with Gasteiger partial charge in [0.05, 0.1) is 19.8 Å². The summed E-state index contributed by atoms with van der Waals surface area (Å²) in [5.74, 6) is 1.41. The minimum atomic E-state index is -0.0298. The van der Waals surface area contributed by atoms with Crippen LogP contribution < -0.4 is 14.8 Å². The fourth-order valence-corrected chi connectivity index (χ4v) is 3.96. The molecule has 0 bridgehead atoms. The third-order valence-electron chi connectivity index (χ3n) is 6.12. The molecule has 2 aromatic rings. The molecule has 0 unspecified atom stereocenters. The molecule has 2 aliphatic rings. The SMILES string of the molecule is Cc1cccc(NC(=O)CN2CCN(C(=O)/C=C/c3ccc4c(c3)OCCCO4)CC2)c1C. The van der Waals surface area contributed by atoms with E-state index >= 15 is 0 Å². The van der Waals surface area contributed by atoms with Crippen LogP contribution in [0, 0.1) is 13.8 Å². The lowest BCUT2D eigenvalue weighted by Crippen LogP contribution is -2.50. The van der Waals surface area contributed by atoms with Gasteiger partial charge in [0, 0.05) is 44.4 Å². The number of aryl methyl sites for hydroxylation is 1. The summed E-state index contributed by atoms with van der Waals surface area (Å²) in [5, 5.41) is 3.00. The van der Waals surface area contributed by atoms with E-state index in [-0.39, 0.29) is 11.8 Å². The molecule has 0 aromatic heterocycles. The average Bonchev–Trinajstić information content (AvgIpc) is 3.06.